The van der Waals surface area contributed by atoms with Crippen LogP contribution < -0.4 is 0 Å². The predicted molar refractivity (Wildman–Crippen MR) is 36.3 cm³/mol. The first-order valence-corrected chi connectivity index (χ1v) is 3.26. The second-order valence-electron chi connectivity index (χ2n) is 2.51. The SMILES string of the molecule is CCC(C)(F)C(C)OC. The third kappa shape index (κ3) is 2.31. The van der Waals surface area contributed by atoms with Crippen molar-refractivity contribution < 1.29 is 9.13 Å². The van der Waals surface area contributed by atoms with Crippen molar-refractivity contribution in [1.29, 1.82) is 0 Å². The van der Waals surface area contributed by atoms with Gasteiger partial charge in [0, 0.05) is 7.11 Å². The Morgan fingerprint density at radius 2 is 2.11 bits per heavy atom. The van der Waals surface area contributed by atoms with E-state index in [4.69, 9.17) is 4.74 Å². The minimum atomic E-state index is -1.17. The van der Waals surface area contributed by atoms with Crippen molar-refractivity contribution in [3.05, 3.63) is 0 Å². The largest absolute Gasteiger partial charge is 0.378 e. The van der Waals surface area contributed by atoms with Crippen LogP contribution in [0.4, 0.5) is 4.39 Å². The number of halogens is 1. The van der Waals surface area contributed by atoms with Crippen molar-refractivity contribution in [3.8, 4) is 0 Å². The minimum Gasteiger partial charge on any atom is -0.378 e. The number of alkyl halides is 1. The highest BCUT2D eigenvalue weighted by molar-refractivity contribution is 4.77. The van der Waals surface area contributed by atoms with E-state index in [1.807, 2.05) is 6.92 Å². The van der Waals surface area contributed by atoms with Crippen LogP contribution in [0.25, 0.3) is 0 Å². The molecule has 0 bridgehead atoms. The van der Waals surface area contributed by atoms with E-state index in [0.717, 1.165) is 0 Å². The Bertz CT molecular complexity index is 81.0. The first-order chi connectivity index (χ1) is 4.04. The molecule has 2 atom stereocenters. The Morgan fingerprint density at radius 3 is 2.22 bits per heavy atom. The van der Waals surface area contributed by atoms with Crippen LogP contribution in [0, 0.1) is 0 Å². The Labute approximate surface area is 56.2 Å². The monoisotopic (exact) mass is 134 g/mol. The van der Waals surface area contributed by atoms with Gasteiger partial charge in [-0.1, -0.05) is 6.92 Å². The number of ether oxygens (including phenoxy) is 1. The van der Waals surface area contributed by atoms with E-state index in [2.05, 4.69) is 0 Å². The van der Waals surface area contributed by atoms with E-state index >= 15 is 0 Å². The molecule has 0 aliphatic rings. The fourth-order valence-corrected chi connectivity index (χ4v) is 0.533. The Kier molecular flexibility index (Phi) is 3.12. The summed E-state index contributed by atoms with van der Waals surface area (Å²) in [5.41, 5.74) is -1.17. The summed E-state index contributed by atoms with van der Waals surface area (Å²) in [7, 11) is 1.53. The summed E-state index contributed by atoms with van der Waals surface area (Å²) in [5.74, 6) is 0. The average Bonchev–Trinajstić information content (AvgIpc) is 1.86. The molecule has 0 heterocycles. The van der Waals surface area contributed by atoms with Gasteiger partial charge in [-0.3, -0.25) is 0 Å². The second-order valence-corrected chi connectivity index (χ2v) is 2.51. The molecule has 0 aromatic heterocycles. The van der Waals surface area contributed by atoms with Gasteiger partial charge < -0.3 is 4.74 Å². The van der Waals surface area contributed by atoms with Gasteiger partial charge in [0.05, 0.1) is 6.10 Å². The van der Waals surface area contributed by atoms with Gasteiger partial charge in [0.1, 0.15) is 5.67 Å². The van der Waals surface area contributed by atoms with Crippen molar-refractivity contribution in [2.75, 3.05) is 7.11 Å². The zero-order chi connectivity index (χ0) is 7.49. The summed E-state index contributed by atoms with van der Waals surface area (Å²) < 4.78 is 17.9. The molecule has 2 unspecified atom stereocenters. The van der Waals surface area contributed by atoms with E-state index in [1.165, 1.54) is 7.11 Å². The molecule has 0 rings (SSSR count). The summed E-state index contributed by atoms with van der Waals surface area (Å²) in [6.07, 6.45) is 0.199. The van der Waals surface area contributed by atoms with Gasteiger partial charge in [-0.2, -0.15) is 0 Å². The zero-order valence-electron chi connectivity index (χ0n) is 6.57. The second kappa shape index (κ2) is 3.16. The van der Waals surface area contributed by atoms with Crippen molar-refractivity contribution in [2.24, 2.45) is 0 Å². The third-order valence-corrected chi connectivity index (χ3v) is 1.89. The number of rotatable bonds is 3. The molecule has 0 N–H and O–H groups in total. The van der Waals surface area contributed by atoms with Crippen LogP contribution >= 0.6 is 0 Å². The highest BCUT2D eigenvalue weighted by Gasteiger charge is 2.28. The molecule has 56 valence electrons. The van der Waals surface area contributed by atoms with Gasteiger partial charge in [-0.15, -0.1) is 0 Å². The molecular weight excluding hydrogens is 119 g/mol. The molecule has 0 saturated carbocycles. The standard InChI is InChI=1S/C7H15FO/c1-5-7(3,8)6(2)9-4/h6H,5H2,1-4H3. The quantitative estimate of drug-likeness (QED) is 0.574. The normalized spacial score (nSPS) is 21.0. The average molecular weight is 134 g/mol. The van der Waals surface area contributed by atoms with Gasteiger partial charge in [-0.25, -0.2) is 4.39 Å². The summed E-state index contributed by atoms with van der Waals surface area (Å²) in [5, 5.41) is 0. The molecule has 1 nitrogen and oxygen atoms in total. The molecule has 0 fully saturated rings. The van der Waals surface area contributed by atoms with Gasteiger partial charge in [0.2, 0.25) is 0 Å². The number of methoxy groups -OCH3 is 1. The Hall–Kier alpha value is -0.110. The molecule has 0 aliphatic heterocycles. The van der Waals surface area contributed by atoms with E-state index < -0.39 is 5.67 Å². The minimum absolute atomic E-state index is 0.303. The number of hydrogen-bond acceptors (Lipinski definition) is 1. The van der Waals surface area contributed by atoms with Gasteiger partial charge >= 0.3 is 0 Å². The van der Waals surface area contributed by atoms with Crippen LogP contribution in [0.15, 0.2) is 0 Å². The summed E-state index contributed by atoms with van der Waals surface area (Å²) >= 11 is 0. The molecule has 0 aliphatic carbocycles. The first kappa shape index (κ1) is 8.89. The van der Waals surface area contributed by atoms with E-state index in [-0.39, 0.29) is 6.10 Å². The summed E-state index contributed by atoms with van der Waals surface area (Å²) in [6, 6.07) is 0. The smallest absolute Gasteiger partial charge is 0.133 e. The van der Waals surface area contributed by atoms with Crippen molar-refractivity contribution >= 4 is 0 Å². The Morgan fingerprint density at radius 1 is 1.67 bits per heavy atom. The van der Waals surface area contributed by atoms with Crippen LogP contribution in [0.3, 0.4) is 0 Å². The van der Waals surface area contributed by atoms with Crippen LogP contribution in [0.2, 0.25) is 0 Å². The van der Waals surface area contributed by atoms with E-state index in [9.17, 15) is 4.39 Å². The molecule has 9 heavy (non-hydrogen) atoms. The summed E-state index contributed by atoms with van der Waals surface area (Å²) in [4.78, 5) is 0. The third-order valence-electron chi connectivity index (χ3n) is 1.89. The highest BCUT2D eigenvalue weighted by atomic mass is 19.1. The van der Waals surface area contributed by atoms with Gasteiger partial charge in [0.25, 0.3) is 0 Å². The molecule has 0 aromatic carbocycles. The maximum Gasteiger partial charge on any atom is 0.133 e. The molecule has 0 aromatic rings. The zero-order valence-corrected chi connectivity index (χ0v) is 6.57. The molecular formula is C7H15FO. The first-order valence-electron chi connectivity index (χ1n) is 3.26. The van der Waals surface area contributed by atoms with Crippen LogP contribution in [-0.4, -0.2) is 18.9 Å². The van der Waals surface area contributed by atoms with Crippen molar-refractivity contribution in [3.63, 3.8) is 0 Å². The van der Waals surface area contributed by atoms with Gasteiger partial charge in [-0.05, 0) is 20.3 Å². The maximum atomic E-state index is 13.1. The fourth-order valence-electron chi connectivity index (χ4n) is 0.533. The molecule has 2 heteroatoms. The lowest BCUT2D eigenvalue weighted by atomic mass is 10.00. The van der Waals surface area contributed by atoms with Crippen LogP contribution in [0.1, 0.15) is 27.2 Å². The molecule has 0 saturated heterocycles. The molecule has 0 amide bonds. The van der Waals surface area contributed by atoms with E-state index in [1.54, 1.807) is 13.8 Å². The van der Waals surface area contributed by atoms with Crippen LogP contribution in [0.5, 0.6) is 0 Å². The highest BCUT2D eigenvalue weighted by Crippen LogP contribution is 2.21. The molecule has 0 spiro atoms. The maximum absolute atomic E-state index is 13.1. The Balaban J connectivity index is 3.80. The lowest BCUT2D eigenvalue weighted by Gasteiger charge is -2.24. The van der Waals surface area contributed by atoms with Gasteiger partial charge in [0.15, 0.2) is 0 Å². The predicted octanol–water partition coefficient (Wildman–Crippen LogP) is 2.16. The topological polar surface area (TPSA) is 9.23 Å². The lowest BCUT2D eigenvalue weighted by molar-refractivity contribution is -0.0174. The molecule has 0 radical (unpaired) electrons. The summed E-state index contributed by atoms with van der Waals surface area (Å²) in [6.45, 7) is 5.11. The van der Waals surface area contributed by atoms with Crippen molar-refractivity contribution in [1.82, 2.24) is 0 Å². The fraction of sp³-hybridized carbons (Fsp3) is 1.00. The van der Waals surface area contributed by atoms with E-state index in [0.29, 0.717) is 6.42 Å². The lowest BCUT2D eigenvalue weighted by Crippen LogP contribution is -2.32. The number of hydrogen-bond donors (Lipinski definition) is 0. The van der Waals surface area contributed by atoms with Crippen LogP contribution in [-0.2, 0) is 4.74 Å². The van der Waals surface area contributed by atoms with Crippen molar-refractivity contribution in [2.45, 2.75) is 39.0 Å².